The van der Waals surface area contributed by atoms with E-state index in [4.69, 9.17) is 23.2 Å². The van der Waals surface area contributed by atoms with Crippen LogP contribution in [0.4, 0.5) is 0 Å². The second-order valence-electron chi connectivity index (χ2n) is 5.35. The van der Waals surface area contributed by atoms with Crippen LogP contribution in [0.2, 0.25) is 10.0 Å². The van der Waals surface area contributed by atoms with Gasteiger partial charge in [-0.2, -0.15) is 0 Å². The van der Waals surface area contributed by atoms with E-state index in [0.29, 0.717) is 11.6 Å². The van der Waals surface area contributed by atoms with E-state index in [9.17, 15) is 4.79 Å². The first-order valence-electron chi connectivity index (χ1n) is 7.55. The Bertz CT molecular complexity index is 644. The highest BCUT2D eigenvalue weighted by molar-refractivity contribution is 6.31. The number of benzene rings is 2. The molecule has 23 heavy (non-hydrogen) atoms. The van der Waals surface area contributed by atoms with Gasteiger partial charge in [0.05, 0.1) is 6.54 Å². The van der Waals surface area contributed by atoms with Crippen molar-refractivity contribution in [2.24, 2.45) is 0 Å². The normalized spacial score (nSPS) is 12.0. The standard InChI is InChI=1S/C18H20Cl2N2O/c1-13(16-4-2-3-5-17(16)20)22-12-18(23)21-11-10-14-6-8-15(19)9-7-14/h2-9,13,22H,10-12H2,1H3,(H,21,23)/t13-/m1/s1. The molecule has 0 aromatic heterocycles. The Kier molecular flexibility index (Phi) is 6.90. The molecule has 2 rings (SSSR count). The van der Waals surface area contributed by atoms with Gasteiger partial charge in [-0.05, 0) is 42.7 Å². The Labute approximate surface area is 147 Å². The maximum atomic E-state index is 11.9. The minimum absolute atomic E-state index is 0.0192. The highest BCUT2D eigenvalue weighted by Gasteiger charge is 2.10. The van der Waals surface area contributed by atoms with Crippen LogP contribution in [0.25, 0.3) is 0 Å². The number of rotatable bonds is 7. The molecule has 122 valence electrons. The summed E-state index contributed by atoms with van der Waals surface area (Å²) in [4.78, 5) is 11.9. The van der Waals surface area contributed by atoms with Crippen molar-refractivity contribution in [3.63, 3.8) is 0 Å². The first-order chi connectivity index (χ1) is 11.1. The maximum absolute atomic E-state index is 11.9. The van der Waals surface area contributed by atoms with Gasteiger partial charge in [0, 0.05) is 22.6 Å². The lowest BCUT2D eigenvalue weighted by molar-refractivity contribution is -0.120. The predicted molar refractivity (Wildman–Crippen MR) is 96.0 cm³/mol. The lowest BCUT2D eigenvalue weighted by Crippen LogP contribution is -2.36. The second kappa shape index (κ2) is 8.92. The third-order valence-electron chi connectivity index (χ3n) is 3.59. The van der Waals surface area contributed by atoms with Crippen LogP contribution >= 0.6 is 23.2 Å². The molecule has 1 atom stereocenters. The third kappa shape index (κ3) is 5.87. The van der Waals surface area contributed by atoms with E-state index in [2.05, 4.69) is 10.6 Å². The van der Waals surface area contributed by atoms with Gasteiger partial charge in [-0.3, -0.25) is 4.79 Å². The molecule has 0 spiro atoms. The van der Waals surface area contributed by atoms with Gasteiger partial charge in [-0.1, -0.05) is 53.5 Å². The summed E-state index contributed by atoms with van der Waals surface area (Å²) in [6.45, 7) is 2.85. The summed E-state index contributed by atoms with van der Waals surface area (Å²) in [6, 6.07) is 15.3. The number of nitrogens with one attached hydrogen (secondary N) is 2. The average molecular weight is 351 g/mol. The van der Waals surface area contributed by atoms with Gasteiger partial charge in [0.25, 0.3) is 0 Å². The molecule has 0 saturated heterocycles. The zero-order chi connectivity index (χ0) is 16.7. The zero-order valence-corrected chi connectivity index (χ0v) is 14.5. The van der Waals surface area contributed by atoms with E-state index in [0.717, 1.165) is 22.6 Å². The van der Waals surface area contributed by atoms with Crippen LogP contribution in [0.5, 0.6) is 0 Å². The molecule has 0 aliphatic carbocycles. The molecule has 0 saturated carbocycles. The fourth-order valence-corrected chi connectivity index (χ4v) is 2.67. The van der Waals surface area contributed by atoms with Gasteiger partial charge in [-0.25, -0.2) is 0 Å². The Hall–Kier alpha value is -1.55. The van der Waals surface area contributed by atoms with E-state index in [1.165, 1.54) is 0 Å². The minimum Gasteiger partial charge on any atom is -0.355 e. The number of amides is 1. The molecule has 0 aliphatic rings. The molecule has 0 fully saturated rings. The molecule has 2 N–H and O–H groups in total. The summed E-state index contributed by atoms with van der Waals surface area (Å²) in [5.41, 5.74) is 2.13. The van der Waals surface area contributed by atoms with Crippen LogP contribution in [0.3, 0.4) is 0 Å². The first kappa shape index (κ1) is 17.8. The Balaban J connectivity index is 1.71. The van der Waals surface area contributed by atoms with Crippen molar-refractivity contribution >= 4 is 29.1 Å². The van der Waals surface area contributed by atoms with Crippen LogP contribution in [-0.2, 0) is 11.2 Å². The van der Waals surface area contributed by atoms with Crippen molar-refractivity contribution in [3.05, 3.63) is 69.7 Å². The monoisotopic (exact) mass is 350 g/mol. The van der Waals surface area contributed by atoms with Gasteiger partial charge in [-0.15, -0.1) is 0 Å². The van der Waals surface area contributed by atoms with Crippen molar-refractivity contribution in [2.75, 3.05) is 13.1 Å². The fourth-order valence-electron chi connectivity index (χ4n) is 2.24. The first-order valence-corrected chi connectivity index (χ1v) is 8.31. The summed E-state index contributed by atoms with van der Waals surface area (Å²) >= 11 is 12.0. The maximum Gasteiger partial charge on any atom is 0.233 e. The molecule has 2 aromatic carbocycles. The molecule has 0 radical (unpaired) electrons. The fraction of sp³-hybridized carbons (Fsp3) is 0.278. The molecule has 0 unspecified atom stereocenters. The summed E-state index contributed by atoms with van der Waals surface area (Å²) < 4.78 is 0. The van der Waals surface area contributed by atoms with Crippen LogP contribution in [0, 0.1) is 0 Å². The number of hydrogen-bond donors (Lipinski definition) is 2. The Morgan fingerprint density at radius 2 is 1.78 bits per heavy atom. The van der Waals surface area contributed by atoms with Crippen LogP contribution < -0.4 is 10.6 Å². The van der Waals surface area contributed by atoms with Gasteiger partial charge in [0.2, 0.25) is 5.91 Å². The molecule has 1 amide bonds. The number of carbonyl (C=O) groups excluding carboxylic acids is 1. The van der Waals surface area contributed by atoms with E-state index in [-0.39, 0.29) is 18.5 Å². The largest absolute Gasteiger partial charge is 0.355 e. The Morgan fingerprint density at radius 3 is 2.48 bits per heavy atom. The van der Waals surface area contributed by atoms with Crippen LogP contribution in [0.1, 0.15) is 24.1 Å². The highest BCUT2D eigenvalue weighted by atomic mass is 35.5. The van der Waals surface area contributed by atoms with E-state index in [1.54, 1.807) is 0 Å². The van der Waals surface area contributed by atoms with Gasteiger partial charge >= 0.3 is 0 Å². The van der Waals surface area contributed by atoms with E-state index < -0.39 is 0 Å². The second-order valence-corrected chi connectivity index (χ2v) is 6.19. The van der Waals surface area contributed by atoms with Crippen LogP contribution in [-0.4, -0.2) is 19.0 Å². The van der Waals surface area contributed by atoms with Crippen molar-refractivity contribution in [1.82, 2.24) is 10.6 Å². The summed E-state index contributed by atoms with van der Waals surface area (Å²) in [7, 11) is 0. The van der Waals surface area contributed by atoms with Gasteiger partial charge in [0.1, 0.15) is 0 Å². The van der Waals surface area contributed by atoms with Crippen molar-refractivity contribution in [1.29, 1.82) is 0 Å². The highest BCUT2D eigenvalue weighted by Crippen LogP contribution is 2.21. The average Bonchev–Trinajstić information content (AvgIpc) is 2.55. The summed E-state index contributed by atoms with van der Waals surface area (Å²) in [5, 5.41) is 7.50. The topological polar surface area (TPSA) is 41.1 Å². The molecule has 0 heterocycles. The lowest BCUT2D eigenvalue weighted by Gasteiger charge is -2.15. The molecule has 0 bridgehead atoms. The molecule has 0 aliphatic heterocycles. The van der Waals surface area contributed by atoms with Gasteiger partial charge in [0.15, 0.2) is 0 Å². The molecule has 2 aromatic rings. The summed E-state index contributed by atoms with van der Waals surface area (Å²) in [6.07, 6.45) is 0.781. The van der Waals surface area contributed by atoms with Crippen molar-refractivity contribution in [3.8, 4) is 0 Å². The third-order valence-corrected chi connectivity index (χ3v) is 4.19. The predicted octanol–water partition coefficient (Wildman–Crippen LogP) is 4.00. The quantitative estimate of drug-likeness (QED) is 0.792. The summed E-state index contributed by atoms with van der Waals surface area (Å²) in [5.74, 6) is -0.0298. The molecule has 3 nitrogen and oxygen atoms in total. The van der Waals surface area contributed by atoms with E-state index in [1.807, 2.05) is 55.5 Å². The smallest absolute Gasteiger partial charge is 0.233 e. The van der Waals surface area contributed by atoms with Crippen molar-refractivity contribution < 1.29 is 4.79 Å². The minimum atomic E-state index is -0.0298. The Morgan fingerprint density at radius 1 is 1.09 bits per heavy atom. The zero-order valence-electron chi connectivity index (χ0n) is 13.0. The SMILES string of the molecule is C[C@@H](NCC(=O)NCCc1ccc(Cl)cc1)c1ccccc1Cl. The van der Waals surface area contributed by atoms with Crippen LogP contribution in [0.15, 0.2) is 48.5 Å². The van der Waals surface area contributed by atoms with E-state index >= 15 is 0 Å². The number of hydrogen-bond acceptors (Lipinski definition) is 2. The lowest BCUT2D eigenvalue weighted by atomic mass is 10.1. The molecule has 5 heteroatoms. The number of carbonyl (C=O) groups is 1. The van der Waals surface area contributed by atoms with Gasteiger partial charge < -0.3 is 10.6 Å². The number of halogens is 2. The molecular formula is C18H20Cl2N2O. The van der Waals surface area contributed by atoms with Crippen molar-refractivity contribution in [2.45, 2.75) is 19.4 Å². The molecular weight excluding hydrogens is 331 g/mol.